The number of hydrogen-bond donors (Lipinski definition) is 4. The minimum absolute atomic E-state index is 0. The summed E-state index contributed by atoms with van der Waals surface area (Å²) in [6.07, 6.45) is 2.38. The molecule has 0 saturated heterocycles. The molecule has 1 fully saturated rings. The van der Waals surface area contributed by atoms with Crippen LogP contribution in [0.2, 0.25) is 0 Å². The smallest absolute Gasteiger partial charge is 0.412 e. The summed E-state index contributed by atoms with van der Waals surface area (Å²) in [5.41, 5.74) is 1.31. The maximum Gasteiger partial charge on any atom is 0.412 e. The lowest BCUT2D eigenvalue weighted by Crippen LogP contribution is -2.42. The second-order valence-corrected chi connectivity index (χ2v) is 8.06. The number of carbonyl (C=O) groups excluding carboxylic acids is 2. The molecule has 0 heterocycles. The van der Waals surface area contributed by atoms with Gasteiger partial charge in [0.2, 0.25) is 5.91 Å². The highest BCUT2D eigenvalue weighted by Crippen LogP contribution is 2.28. The van der Waals surface area contributed by atoms with E-state index in [-0.39, 0.29) is 35.8 Å². The van der Waals surface area contributed by atoms with E-state index in [2.05, 4.69) is 26.3 Å². The van der Waals surface area contributed by atoms with Crippen LogP contribution in [0.15, 0.2) is 29.3 Å². The number of carbonyl (C=O) groups is 2. The molecule has 0 bridgehead atoms. The van der Waals surface area contributed by atoms with Crippen molar-refractivity contribution in [2.24, 2.45) is 10.9 Å². The highest BCUT2D eigenvalue weighted by Gasteiger charge is 2.28. The molecule has 30 heavy (non-hydrogen) atoms. The second kappa shape index (κ2) is 12.6. The van der Waals surface area contributed by atoms with Crippen LogP contribution in [0.4, 0.5) is 10.5 Å². The van der Waals surface area contributed by atoms with Gasteiger partial charge in [-0.2, -0.15) is 0 Å². The van der Waals surface area contributed by atoms with Gasteiger partial charge in [-0.15, -0.1) is 24.0 Å². The Balaban J connectivity index is 0.00000450. The van der Waals surface area contributed by atoms with E-state index in [9.17, 15) is 9.59 Å². The number of nitrogens with one attached hydrogen (secondary N) is 4. The van der Waals surface area contributed by atoms with Gasteiger partial charge in [0.15, 0.2) is 5.96 Å². The third kappa shape index (κ3) is 10.7. The van der Waals surface area contributed by atoms with Crippen molar-refractivity contribution in [3.05, 3.63) is 29.8 Å². The average molecular weight is 531 g/mol. The van der Waals surface area contributed by atoms with E-state index < -0.39 is 11.7 Å². The number of anilines is 1. The predicted molar refractivity (Wildman–Crippen MR) is 131 cm³/mol. The van der Waals surface area contributed by atoms with Crippen molar-refractivity contribution >= 4 is 47.6 Å². The maximum absolute atomic E-state index is 11.8. The number of rotatable bonds is 8. The zero-order valence-electron chi connectivity index (χ0n) is 18.2. The lowest BCUT2D eigenvalue weighted by molar-refractivity contribution is -0.122. The molecule has 2 rings (SSSR count). The van der Waals surface area contributed by atoms with Crippen molar-refractivity contribution in [3.63, 3.8) is 0 Å². The molecule has 1 aromatic carbocycles. The van der Waals surface area contributed by atoms with Gasteiger partial charge in [0, 0.05) is 38.3 Å². The van der Waals surface area contributed by atoms with Gasteiger partial charge in [-0.05, 0) is 57.7 Å². The molecular formula is C21H34IN5O3. The monoisotopic (exact) mass is 531 g/mol. The average Bonchev–Trinajstić information content (AvgIpc) is 3.48. The minimum Gasteiger partial charge on any atom is -0.444 e. The summed E-state index contributed by atoms with van der Waals surface area (Å²) in [7, 11) is 1.72. The first kappa shape index (κ1) is 26.0. The SMILES string of the molecule is CN=C(NCCNC(=O)C1CC1)NCCc1ccc(NC(=O)OC(C)(C)C)cc1.I. The van der Waals surface area contributed by atoms with Gasteiger partial charge in [-0.1, -0.05) is 12.1 Å². The van der Waals surface area contributed by atoms with Gasteiger partial charge >= 0.3 is 6.09 Å². The second-order valence-electron chi connectivity index (χ2n) is 8.06. The molecule has 0 aliphatic heterocycles. The van der Waals surface area contributed by atoms with Crippen LogP contribution in [0.1, 0.15) is 39.2 Å². The molecule has 1 aliphatic rings. The number of aliphatic imine (C=N–C) groups is 1. The number of halogens is 1. The van der Waals surface area contributed by atoms with Crippen LogP contribution >= 0.6 is 24.0 Å². The molecule has 2 amide bonds. The van der Waals surface area contributed by atoms with Crippen LogP contribution in [0.3, 0.4) is 0 Å². The summed E-state index contributed by atoms with van der Waals surface area (Å²) in [5, 5.41) is 12.1. The number of hydrogen-bond acceptors (Lipinski definition) is 4. The van der Waals surface area contributed by atoms with E-state index in [4.69, 9.17) is 4.74 Å². The number of nitrogens with zero attached hydrogens (tertiary/aromatic N) is 1. The molecule has 0 spiro atoms. The van der Waals surface area contributed by atoms with E-state index in [1.165, 1.54) is 0 Å². The zero-order chi connectivity index (χ0) is 21.3. The fourth-order valence-corrected chi connectivity index (χ4v) is 2.58. The molecule has 1 aromatic rings. The normalized spacial score (nSPS) is 13.7. The fourth-order valence-electron chi connectivity index (χ4n) is 2.58. The summed E-state index contributed by atoms with van der Waals surface area (Å²) in [6, 6.07) is 7.65. The van der Waals surface area contributed by atoms with Gasteiger partial charge < -0.3 is 20.7 Å². The summed E-state index contributed by atoms with van der Waals surface area (Å²) in [4.78, 5) is 27.5. The Morgan fingerprint density at radius 3 is 2.20 bits per heavy atom. The van der Waals surface area contributed by atoms with E-state index in [0.717, 1.165) is 24.8 Å². The van der Waals surface area contributed by atoms with Crippen molar-refractivity contribution in [3.8, 4) is 0 Å². The largest absolute Gasteiger partial charge is 0.444 e. The van der Waals surface area contributed by atoms with Gasteiger partial charge in [-0.25, -0.2) is 4.79 Å². The van der Waals surface area contributed by atoms with Crippen molar-refractivity contribution in [1.29, 1.82) is 0 Å². The highest BCUT2D eigenvalue weighted by molar-refractivity contribution is 14.0. The zero-order valence-corrected chi connectivity index (χ0v) is 20.5. The minimum atomic E-state index is -0.523. The van der Waals surface area contributed by atoms with Gasteiger partial charge in [0.25, 0.3) is 0 Å². The van der Waals surface area contributed by atoms with E-state index >= 15 is 0 Å². The molecule has 0 atom stereocenters. The van der Waals surface area contributed by atoms with Gasteiger partial charge in [0.05, 0.1) is 0 Å². The van der Waals surface area contributed by atoms with E-state index in [1.54, 1.807) is 7.05 Å². The topological polar surface area (TPSA) is 104 Å². The molecule has 9 heteroatoms. The fraction of sp³-hybridized carbons (Fsp3) is 0.571. The number of amides is 2. The summed E-state index contributed by atoms with van der Waals surface area (Å²) in [5.74, 6) is 1.09. The Morgan fingerprint density at radius 1 is 1.03 bits per heavy atom. The van der Waals surface area contributed by atoms with Gasteiger partial charge in [0.1, 0.15) is 5.60 Å². The van der Waals surface area contributed by atoms with E-state index in [1.807, 2.05) is 45.0 Å². The molecule has 0 radical (unpaired) electrons. The van der Waals surface area contributed by atoms with Crippen molar-refractivity contribution < 1.29 is 14.3 Å². The molecular weight excluding hydrogens is 497 g/mol. The molecule has 1 saturated carbocycles. The van der Waals surface area contributed by atoms with Crippen LogP contribution in [0, 0.1) is 5.92 Å². The molecule has 1 aliphatic carbocycles. The van der Waals surface area contributed by atoms with Gasteiger partial charge in [-0.3, -0.25) is 15.1 Å². The third-order valence-corrected chi connectivity index (χ3v) is 4.19. The first-order chi connectivity index (χ1) is 13.8. The Kier molecular flexibility index (Phi) is 10.9. The molecule has 4 N–H and O–H groups in total. The molecule has 168 valence electrons. The molecule has 0 unspecified atom stereocenters. The van der Waals surface area contributed by atoms with Crippen LogP contribution < -0.4 is 21.3 Å². The first-order valence-corrected chi connectivity index (χ1v) is 10.1. The summed E-state index contributed by atoms with van der Waals surface area (Å²) >= 11 is 0. The number of ether oxygens (including phenoxy) is 1. The third-order valence-electron chi connectivity index (χ3n) is 4.19. The molecule has 0 aromatic heterocycles. The Morgan fingerprint density at radius 2 is 1.63 bits per heavy atom. The lowest BCUT2D eigenvalue weighted by Gasteiger charge is -2.19. The maximum atomic E-state index is 11.8. The number of guanidine groups is 1. The van der Waals surface area contributed by atoms with Crippen LogP contribution in [-0.2, 0) is 16.0 Å². The predicted octanol–water partition coefficient (Wildman–Crippen LogP) is 2.89. The number of benzene rings is 1. The summed E-state index contributed by atoms with van der Waals surface area (Å²) in [6.45, 7) is 7.42. The highest BCUT2D eigenvalue weighted by atomic mass is 127. The standard InChI is InChI=1S/C21H33N5O3.HI/c1-21(2,3)29-20(28)26-17-9-5-15(6-10-17)11-12-24-19(22-4)25-14-13-23-18(27)16-7-8-16;/h5-6,9-10,16H,7-8,11-14H2,1-4H3,(H,23,27)(H,26,28)(H2,22,24,25);1H. The Labute approximate surface area is 196 Å². The molecule has 8 nitrogen and oxygen atoms in total. The quantitative estimate of drug-likeness (QED) is 0.179. The van der Waals surface area contributed by atoms with E-state index in [0.29, 0.717) is 31.3 Å². The van der Waals surface area contributed by atoms with Crippen LogP contribution in [0.5, 0.6) is 0 Å². The lowest BCUT2D eigenvalue weighted by atomic mass is 10.1. The van der Waals surface area contributed by atoms with Crippen LogP contribution in [-0.4, -0.2) is 50.2 Å². The summed E-state index contributed by atoms with van der Waals surface area (Å²) < 4.78 is 5.24. The Hall–Kier alpha value is -2.04. The van der Waals surface area contributed by atoms with Crippen LogP contribution in [0.25, 0.3) is 0 Å². The first-order valence-electron chi connectivity index (χ1n) is 10.1. The Bertz CT molecular complexity index is 712. The van der Waals surface area contributed by atoms with Crippen molar-refractivity contribution in [2.45, 2.75) is 45.6 Å². The van der Waals surface area contributed by atoms with Crippen molar-refractivity contribution in [1.82, 2.24) is 16.0 Å². The van der Waals surface area contributed by atoms with Crippen molar-refractivity contribution in [2.75, 3.05) is 32.0 Å².